The van der Waals surface area contributed by atoms with Gasteiger partial charge in [-0.3, -0.25) is 28.8 Å². The number of ketones is 1. The molecule has 14 heteroatoms. The lowest BCUT2D eigenvalue weighted by Crippen LogP contribution is -2.60. The van der Waals surface area contributed by atoms with E-state index in [1.807, 2.05) is 34.6 Å². The number of alkyl carbamates (subject to hydrolysis) is 1. The molecule has 2 aliphatic rings. The van der Waals surface area contributed by atoms with Gasteiger partial charge in [0.2, 0.25) is 29.4 Å². The molecule has 5 atom stereocenters. The molecule has 0 aromatic heterocycles. The third-order valence-corrected chi connectivity index (χ3v) is 9.28. The van der Waals surface area contributed by atoms with Crippen LogP contribution in [-0.4, -0.2) is 102 Å². The minimum Gasteiger partial charge on any atom is -0.444 e. The zero-order valence-corrected chi connectivity index (χ0v) is 32.3. The fourth-order valence-corrected chi connectivity index (χ4v) is 6.32. The fourth-order valence-electron chi connectivity index (χ4n) is 6.32. The van der Waals surface area contributed by atoms with Crippen molar-refractivity contribution in [1.29, 1.82) is 0 Å². The molecular weight excluding hydrogens is 668 g/mol. The first-order valence-electron chi connectivity index (χ1n) is 18.1. The molecule has 1 aromatic rings. The first-order chi connectivity index (χ1) is 24.1. The van der Waals surface area contributed by atoms with Crippen LogP contribution < -0.4 is 21.3 Å². The van der Waals surface area contributed by atoms with Gasteiger partial charge in [-0.15, -0.1) is 0 Å². The zero-order chi connectivity index (χ0) is 39.1. The molecule has 1 heterocycles. The maximum Gasteiger partial charge on any atom is 0.408 e. The van der Waals surface area contributed by atoms with E-state index in [9.17, 15) is 33.6 Å². The molecule has 6 amide bonds. The number of amides is 6. The highest BCUT2D eigenvalue weighted by Crippen LogP contribution is 2.36. The molecule has 0 radical (unpaired) electrons. The van der Waals surface area contributed by atoms with Crippen LogP contribution in [0.3, 0.4) is 0 Å². The van der Waals surface area contributed by atoms with Crippen LogP contribution in [0.1, 0.15) is 92.7 Å². The summed E-state index contributed by atoms with van der Waals surface area (Å²) in [6, 6.07) is 4.50. The molecule has 0 bridgehead atoms. The van der Waals surface area contributed by atoms with Crippen molar-refractivity contribution >= 4 is 41.4 Å². The van der Waals surface area contributed by atoms with Gasteiger partial charge in [-0.2, -0.15) is 0 Å². The fraction of sp³-hybridized carbons (Fsp3) is 0.658. The van der Waals surface area contributed by atoms with Gasteiger partial charge in [0.15, 0.2) is 0 Å². The van der Waals surface area contributed by atoms with E-state index in [1.165, 1.54) is 9.80 Å². The van der Waals surface area contributed by atoms with Gasteiger partial charge in [0.1, 0.15) is 23.7 Å². The third-order valence-electron chi connectivity index (χ3n) is 9.28. The van der Waals surface area contributed by atoms with E-state index >= 15 is 0 Å². The lowest BCUT2D eigenvalue weighted by atomic mass is 9.84. The second-order valence-electron chi connectivity index (χ2n) is 16.5. The number of nitrogens with zero attached hydrogens (tertiary/aromatic N) is 2. The number of carbonyl (C=O) groups is 7. The minimum atomic E-state index is -1.18. The number of ether oxygens (including phenoxy) is 1. The predicted octanol–water partition coefficient (Wildman–Crippen LogP) is 2.71. The van der Waals surface area contributed by atoms with Crippen LogP contribution in [0.5, 0.6) is 0 Å². The summed E-state index contributed by atoms with van der Waals surface area (Å²) in [6.45, 7) is 14.2. The average molecular weight is 727 g/mol. The second kappa shape index (κ2) is 17.4. The molecule has 52 heavy (non-hydrogen) atoms. The van der Waals surface area contributed by atoms with Crippen molar-refractivity contribution in [3.63, 3.8) is 0 Å². The number of nitrogens with one attached hydrogen (secondary N) is 4. The van der Waals surface area contributed by atoms with Crippen molar-refractivity contribution in [2.45, 2.75) is 111 Å². The molecule has 14 nitrogen and oxygen atoms in total. The number of rotatable bonds is 14. The van der Waals surface area contributed by atoms with Crippen molar-refractivity contribution in [2.75, 3.05) is 27.2 Å². The maximum atomic E-state index is 14.2. The molecule has 4 N–H and O–H groups in total. The SMILES string of the molecule is CC(C)[C@H]1CCN(C(=O)[C@@H](NC(=O)OC(C)(C)C)C(C)(C)C)[C@@H]1C(=O)NC(CC1CC1)C(=O)C(=O)NCC(=O)N[C@H](C(=O)N(C)C)c1ccccc1. The number of hydrogen-bond acceptors (Lipinski definition) is 8. The Morgan fingerprint density at radius 2 is 1.50 bits per heavy atom. The van der Waals surface area contributed by atoms with E-state index in [4.69, 9.17) is 4.74 Å². The Morgan fingerprint density at radius 3 is 2.02 bits per heavy atom. The lowest BCUT2D eigenvalue weighted by molar-refractivity contribution is -0.145. The molecule has 1 unspecified atom stereocenters. The highest BCUT2D eigenvalue weighted by molar-refractivity contribution is 6.38. The van der Waals surface area contributed by atoms with Crippen LogP contribution in [0.4, 0.5) is 4.79 Å². The Labute approximate surface area is 307 Å². The van der Waals surface area contributed by atoms with Crippen LogP contribution in [0.15, 0.2) is 30.3 Å². The van der Waals surface area contributed by atoms with Gasteiger partial charge in [-0.25, -0.2) is 4.79 Å². The van der Waals surface area contributed by atoms with Crippen molar-refractivity contribution in [3.8, 4) is 0 Å². The van der Waals surface area contributed by atoms with Crippen LogP contribution >= 0.6 is 0 Å². The van der Waals surface area contributed by atoms with E-state index in [1.54, 1.807) is 65.2 Å². The number of Topliss-reactive ketones (excluding diaryl/α,β-unsaturated/α-hetero) is 1. The van der Waals surface area contributed by atoms with E-state index in [2.05, 4.69) is 21.3 Å². The van der Waals surface area contributed by atoms with Crippen molar-refractivity contribution in [3.05, 3.63) is 35.9 Å². The standard InChI is InChI=1S/C38H58N6O8/c1-22(2)25-18-19-44(35(50)31(37(3,4)5)42-36(51)52-38(6,7)8)29(25)32(47)40-26(20-23-16-17-23)30(46)33(48)39-21-27(45)41-28(34(49)43(9)10)24-14-12-11-13-15-24/h11-15,22-23,25-26,28-29,31H,16-21H2,1-10H3,(H,39,48)(H,40,47)(H,41,45)(H,42,51)/t25-,26?,28+,29+,31-/m1/s1. The molecule has 1 saturated heterocycles. The van der Waals surface area contributed by atoms with Gasteiger partial charge < -0.3 is 35.8 Å². The zero-order valence-electron chi connectivity index (χ0n) is 32.3. The normalized spacial score (nSPS) is 19.2. The Kier molecular flexibility index (Phi) is 14.0. The Balaban J connectivity index is 1.76. The first-order valence-corrected chi connectivity index (χ1v) is 18.1. The van der Waals surface area contributed by atoms with Gasteiger partial charge in [0.05, 0.1) is 12.6 Å². The molecule has 288 valence electrons. The average Bonchev–Trinajstić information content (AvgIpc) is 3.75. The summed E-state index contributed by atoms with van der Waals surface area (Å²) < 4.78 is 5.43. The number of carbonyl (C=O) groups excluding carboxylic acids is 7. The summed E-state index contributed by atoms with van der Waals surface area (Å²) in [5.41, 5.74) is -0.970. The highest BCUT2D eigenvalue weighted by atomic mass is 16.6. The summed E-state index contributed by atoms with van der Waals surface area (Å²) in [6.07, 6.45) is 1.70. The largest absolute Gasteiger partial charge is 0.444 e. The van der Waals surface area contributed by atoms with Crippen molar-refractivity contribution in [1.82, 2.24) is 31.1 Å². The summed E-state index contributed by atoms with van der Waals surface area (Å²) >= 11 is 0. The molecule has 1 aliphatic heterocycles. The first kappa shape index (κ1) is 41.9. The number of likely N-dealkylation sites (N-methyl/N-ethyl adjacent to an activating group) is 1. The molecule has 1 aliphatic carbocycles. The monoisotopic (exact) mass is 726 g/mol. The van der Waals surface area contributed by atoms with E-state index in [0.29, 0.717) is 12.0 Å². The maximum absolute atomic E-state index is 14.2. The molecule has 3 rings (SSSR count). The summed E-state index contributed by atoms with van der Waals surface area (Å²) in [4.78, 5) is 96.3. The number of benzene rings is 1. The summed E-state index contributed by atoms with van der Waals surface area (Å²) in [5, 5.41) is 10.5. The lowest BCUT2D eigenvalue weighted by Gasteiger charge is -2.37. The van der Waals surface area contributed by atoms with E-state index < -0.39 is 77.2 Å². The number of hydrogen-bond donors (Lipinski definition) is 4. The minimum absolute atomic E-state index is 0.000985. The van der Waals surface area contributed by atoms with Crippen LogP contribution in [0, 0.1) is 23.2 Å². The third kappa shape index (κ3) is 11.8. The van der Waals surface area contributed by atoms with Crippen molar-refractivity contribution in [2.24, 2.45) is 23.2 Å². The topological polar surface area (TPSA) is 183 Å². The van der Waals surface area contributed by atoms with Gasteiger partial charge >= 0.3 is 6.09 Å². The Hall–Kier alpha value is -4.49. The van der Waals surface area contributed by atoms with Gasteiger partial charge in [-0.1, -0.05) is 77.8 Å². The Morgan fingerprint density at radius 1 is 0.885 bits per heavy atom. The molecule has 1 saturated carbocycles. The van der Waals surface area contributed by atoms with Crippen LogP contribution in [0.25, 0.3) is 0 Å². The van der Waals surface area contributed by atoms with Gasteiger partial charge in [0, 0.05) is 20.6 Å². The van der Waals surface area contributed by atoms with E-state index in [-0.39, 0.29) is 36.6 Å². The second-order valence-corrected chi connectivity index (χ2v) is 16.5. The van der Waals surface area contributed by atoms with Crippen LogP contribution in [0.2, 0.25) is 0 Å². The van der Waals surface area contributed by atoms with E-state index in [0.717, 1.165) is 12.8 Å². The van der Waals surface area contributed by atoms with Gasteiger partial charge in [0.25, 0.3) is 5.91 Å². The highest BCUT2D eigenvalue weighted by Gasteiger charge is 2.48. The Bertz CT molecular complexity index is 1480. The molecule has 2 fully saturated rings. The summed E-state index contributed by atoms with van der Waals surface area (Å²) in [5.74, 6) is -4.13. The van der Waals surface area contributed by atoms with Gasteiger partial charge in [-0.05, 0) is 62.3 Å². The van der Waals surface area contributed by atoms with Crippen LogP contribution in [-0.2, 0) is 33.5 Å². The quantitative estimate of drug-likeness (QED) is 0.211. The predicted molar refractivity (Wildman–Crippen MR) is 194 cm³/mol. The molecule has 0 spiro atoms. The number of likely N-dealkylation sites (tertiary alicyclic amines) is 1. The smallest absolute Gasteiger partial charge is 0.408 e. The van der Waals surface area contributed by atoms with Crippen molar-refractivity contribution < 1.29 is 38.3 Å². The summed E-state index contributed by atoms with van der Waals surface area (Å²) in [7, 11) is 3.13. The molecular formula is C38H58N6O8. The molecule has 1 aromatic carbocycles.